The second-order valence-corrected chi connectivity index (χ2v) is 5.24. The molecule has 2 amide bonds. The summed E-state index contributed by atoms with van der Waals surface area (Å²) in [6, 6.07) is -1.04. The molecule has 1 heterocycles. The lowest BCUT2D eigenvalue weighted by molar-refractivity contribution is -0.164. The summed E-state index contributed by atoms with van der Waals surface area (Å²) in [6.45, 7) is 0.423. The van der Waals surface area contributed by atoms with Gasteiger partial charge in [0.2, 0.25) is 11.8 Å². The molecule has 6 heteroatoms. The molecule has 0 aromatic rings. The number of piperidine rings is 1. The molecule has 2 aliphatic rings. The molecule has 0 aromatic carbocycles. The van der Waals surface area contributed by atoms with Crippen molar-refractivity contribution in [2.45, 2.75) is 38.1 Å². The first-order valence-corrected chi connectivity index (χ1v) is 6.65. The minimum atomic E-state index is -1.11. The van der Waals surface area contributed by atoms with Crippen LogP contribution >= 0.6 is 0 Å². The Balaban J connectivity index is 2.13. The number of carboxylic acid groups (broad SMARTS) is 1. The molecule has 1 aliphatic heterocycles. The molecule has 1 aliphatic carbocycles. The summed E-state index contributed by atoms with van der Waals surface area (Å²) in [6.07, 6.45) is 2.77. The van der Waals surface area contributed by atoms with Gasteiger partial charge in [0.05, 0.1) is 0 Å². The molecule has 0 radical (unpaired) electrons. The van der Waals surface area contributed by atoms with Crippen LogP contribution in [0.1, 0.15) is 32.1 Å². The molecule has 1 saturated carbocycles. The van der Waals surface area contributed by atoms with Gasteiger partial charge in [0.1, 0.15) is 6.04 Å². The molecule has 2 rings (SSSR count). The van der Waals surface area contributed by atoms with Gasteiger partial charge in [-0.1, -0.05) is 0 Å². The number of rotatable bonds is 6. The molecule has 3 unspecified atom stereocenters. The number of amides is 2. The number of imide groups is 1. The van der Waals surface area contributed by atoms with E-state index in [2.05, 4.69) is 0 Å². The van der Waals surface area contributed by atoms with E-state index in [-0.39, 0.29) is 30.1 Å². The summed E-state index contributed by atoms with van der Waals surface area (Å²) in [7, 11) is 1.53. The number of carbonyl (C=O) groups is 3. The van der Waals surface area contributed by atoms with E-state index in [9.17, 15) is 19.5 Å². The van der Waals surface area contributed by atoms with E-state index in [4.69, 9.17) is 4.74 Å². The van der Waals surface area contributed by atoms with Gasteiger partial charge in [0.25, 0.3) is 0 Å². The van der Waals surface area contributed by atoms with Crippen LogP contribution in [0.2, 0.25) is 0 Å². The zero-order chi connectivity index (χ0) is 14.0. The number of carboxylic acids is 1. The van der Waals surface area contributed by atoms with Gasteiger partial charge >= 0.3 is 5.97 Å². The van der Waals surface area contributed by atoms with Crippen molar-refractivity contribution in [2.24, 2.45) is 11.8 Å². The van der Waals surface area contributed by atoms with Crippen molar-refractivity contribution in [3.8, 4) is 0 Å². The highest BCUT2D eigenvalue weighted by Gasteiger charge is 2.48. The minimum absolute atomic E-state index is 0.160. The van der Waals surface area contributed by atoms with Crippen molar-refractivity contribution in [3.05, 3.63) is 0 Å². The molecule has 6 nitrogen and oxygen atoms in total. The topological polar surface area (TPSA) is 83.9 Å². The smallest absolute Gasteiger partial charge is 0.326 e. The normalized spacial score (nSPS) is 27.7. The van der Waals surface area contributed by atoms with Gasteiger partial charge in [0, 0.05) is 25.6 Å². The maximum absolute atomic E-state index is 12.2. The molecule has 3 atom stereocenters. The molecule has 106 valence electrons. The number of nitrogens with zero attached hydrogens (tertiary/aromatic N) is 1. The molecule has 1 saturated heterocycles. The number of fused-ring (bicyclic) bond motifs is 2. The van der Waals surface area contributed by atoms with E-state index >= 15 is 0 Å². The van der Waals surface area contributed by atoms with Crippen LogP contribution in [0.15, 0.2) is 0 Å². The van der Waals surface area contributed by atoms with Gasteiger partial charge in [-0.3, -0.25) is 14.5 Å². The maximum Gasteiger partial charge on any atom is 0.326 e. The first-order chi connectivity index (χ1) is 9.06. The molecule has 2 fully saturated rings. The third-order valence-electron chi connectivity index (χ3n) is 4.03. The van der Waals surface area contributed by atoms with Gasteiger partial charge < -0.3 is 9.84 Å². The van der Waals surface area contributed by atoms with Crippen LogP contribution in [0.5, 0.6) is 0 Å². The molecular formula is C13H19NO5. The van der Waals surface area contributed by atoms with Crippen molar-refractivity contribution in [1.82, 2.24) is 4.90 Å². The third kappa shape index (κ3) is 2.63. The zero-order valence-corrected chi connectivity index (χ0v) is 11.0. The van der Waals surface area contributed by atoms with Gasteiger partial charge in [-0.25, -0.2) is 4.79 Å². The lowest BCUT2D eigenvalue weighted by Crippen LogP contribution is -2.54. The summed E-state index contributed by atoms with van der Waals surface area (Å²) in [5, 5.41) is 9.27. The average molecular weight is 269 g/mol. The van der Waals surface area contributed by atoms with Crippen LogP contribution in [0.25, 0.3) is 0 Å². The highest BCUT2D eigenvalue weighted by Crippen LogP contribution is 2.39. The Labute approximate surface area is 111 Å². The van der Waals surface area contributed by atoms with Gasteiger partial charge in [-0.15, -0.1) is 0 Å². The minimum Gasteiger partial charge on any atom is -0.480 e. The predicted molar refractivity (Wildman–Crippen MR) is 65.2 cm³/mol. The first kappa shape index (κ1) is 14.0. The molecule has 0 aromatic heterocycles. The van der Waals surface area contributed by atoms with Crippen molar-refractivity contribution >= 4 is 17.8 Å². The Kier molecular flexibility index (Phi) is 4.19. The maximum atomic E-state index is 12.2. The quantitative estimate of drug-likeness (QED) is 0.565. The highest BCUT2D eigenvalue weighted by atomic mass is 16.5. The molecule has 1 N–H and O–H groups in total. The van der Waals surface area contributed by atoms with Gasteiger partial charge in [-0.2, -0.15) is 0 Å². The zero-order valence-electron chi connectivity index (χ0n) is 11.0. The van der Waals surface area contributed by atoms with Crippen LogP contribution in [0.4, 0.5) is 0 Å². The lowest BCUT2D eigenvalue weighted by atomic mass is 9.94. The largest absolute Gasteiger partial charge is 0.480 e. The summed E-state index contributed by atoms with van der Waals surface area (Å²) in [5.41, 5.74) is 0. The van der Waals surface area contributed by atoms with E-state index in [1.165, 1.54) is 7.11 Å². The molecular weight excluding hydrogens is 250 g/mol. The Bertz CT molecular complexity index is 372. The predicted octanol–water partition coefficient (Wildman–Crippen LogP) is 0.651. The molecule has 2 bridgehead atoms. The van der Waals surface area contributed by atoms with Crippen molar-refractivity contribution in [3.63, 3.8) is 0 Å². The van der Waals surface area contributed by atoms with Crippen LogP contribution in [0.3, 0.4) is 0 Å². The molecule has 0 spiro atoms. The van der Waals surface area contributed by atoms with Crippen LogP contribution in [-0.4, -0.2) is 47.5 Å². The van der Waals surface area contributed by atoms with Crippen LogP contribution < -0.4 is 0 Å². The van der Waals surface area contributed by atoms with E-state index < -0.39 is 12.0 Å². The fourth-order valence-corrected chi connectivity index (χ4v) is 3.02. The monoisotopic (exact) mass is 269 g/mol. The first-order valence-electron chi connectivity index (χ1n) is 6.65. The number of likely N-dealkylation sites (tertiary alicyclic amines) is 1. The van der Waals surface area contributed by atoms with E-state index in [0.717, 1.165) is 4.90 Å². The standard InChI is InChI=1S/C13H19NO5/c1-19-6-2-3-10(13(17)18)14-11(15)8-4-5-9(7-8)12(14)16/h8-10H,2-7H2,1H3,(H,17,18). The number of hydrogen-bond acceptors (Lipinski definition) is 4. The van der Waals surface area contributed by atoms with Crippen molar-refractivity contribution in [1.29, 1.82) is 0 Å². The number of aliphatic carboxylic acids is 1. The summed E-state index contributed by atoms with van der Waals surface area (Å²) in [5.74, 6) is -2.04. The summed E-state index contributed by atoms with van der Waals surface area (Å²) in [4.78, 5) is 36.7. The Morgan fingerprint density at radius 2 is 1.95 bits per heavy atom. The lowest BCUT2D eigenvalue weighted by Gasteiger charge is -2.33. The Hall–Kier alpha value is -1.43. The average Bonchev–Trinajstić information content (AvgIpc) is 2.81. The molecule has 19 heavy (non-hydrogen) atoms. The fraction of sp³-hybridized carbons (Fsp3) is 0.769. The summed E-state index contributed by atoms with van der Waals surface area (Å²) < 4.78 is 4.89. The number of methoxy groups -OCH3 is 1. The van der Waals surface area contributed by atoms with Gasteiger partial charge in [0.15, 0.2) is 0 Å². The van der Waals surface area contributed by atoms with Crippen LogP contribution in [-0.2, 0) is 19.1 Å². The van der Waals surface area contributed by atoms with Crippen LogP contribution in [0, 0.1) is 11.8 Å². The Morgan fingerprint density at radius 1 is 1.37 bits per heavy atom. The SMILES string of the molecule is COCCCC(C(=O)O)N1C(=O)C2CCC(C2)C1=O. The van der Waals surface area contributed by atoms with E-state index in [1.807, 2.05) is 0 Å². The van der Waals surface area contributed by atoms with Crippen molar-refractivity contribution < 1.29 is 24.2 Å². The van der Waals surface area contributed by atoms with E-state index in [0.29, 0.717) is 32.3 Å². The van der Waals surface area contributed by atoms with Crippen molar-refractivity contribution in [2.75, 3.05) is 13.7 Å². The number of carbonyl (C=O) groups excluding carboxylic acids is 2. The fourth-order valence-electron chi connectivity index (χ4n) is 3.02. The van der Waals surface area contributed by atoms with Gasteiger partial charge in [-0.05, 0) is 32.1 Å². The second-order valence-electron chi connectivity index (χ2n) is 5.24. The second kappa shape index (κ2) is 5.69. The highest BCUT2D eigenvalue weighted by molar-refractivity contribution is 6.03. The third-order valence-corrected chi connectivity index (χ3v) is 4.03. The number of ether oxygens (including phenoxy) is 1. The number of hydrogen-bond donors (Lipinski definition) is 1. The summed E-state index contributed by atoms with van der Waals surface area (Å²) >= 11 is 0. The Morgan fingerprint density at radius 3 is 2.42 bits per heavy atom. The van der Waals surface area contributed by atoms with E-state index in [1.54, 1.807) is 0 Å².